The van der Waals surface area contributed by atoms with Crippen LogP contribution in [0.15, 0.2) is 66.7 Å². The molecule has 7 nitrogen and oxygen atoms in total. The highest BCUT2D eigenvalue weighted by atomic mass is 35.5. The monoisotopic (exact) mass is 604 g/mol. The lowest BCUT2D eigenvalue weighted by Gasteiger charge is -2.19. The van der Waals surface area contributed by atoms with Crippen molar-refractivity contribution >= 4 is 40.8 Å². The number of amides is 2. The van der Waals surface area contributed by atoms with E-state index in [1.165, 1.54) is 10.7 Å². The van der Waals surface area contributed by atoms with Crippen molar-refractivity contribution in [2.45, 2.75) is 64.3 Å². The average Bonchev–Trinajstić information content (AvgIpc) is 3.64. The molecule has 1 heterocycles. The van der Waals surface area contributed by atoms with E-state index in [4.69, 9.17) is 23.2 Å². The van der Waals surface area contributed by atoms with Crippen molar-refractivity contribution < 1.29 is 14.7 Å². The van der Waals surface area contributed by atoms with Crippen molar-refractivity contribution in [2.24, 2.45) is 0 Å². The van der Waals surface area contributed by atoms with Gasteiger partial charge in [-0.3, -0.25) is 4.79 Å². The summed E-state index contributed by atoms with van der Waals surface area (Å²) in [6, 6.07) is 19.1. The predicted octanol–water partition coefficient (Wildman–Crippen LogP) is 8.53. The summed E-state index contributed by atoms with van der Waals surface area (Å²) in [7, 11) is 0. The van der Waals surface area contributed by atoms with Crippen LogP contribution in [0.1, 0.15) is 79.6 Å². The summed E-state index contributed by atoms with van der Waals surface area (Å²) in [5, 5.41) is 22.2. The van der Waals surface area contributed by atoms with Crippen LogP contribution in [0.5, 0.6) is 5.75 Å². The molecule has 9 heteroatoms. The molecule has 3 N–H and O–H groups in total. The van der Waals surface area contributed by atoms with Crippen LogP contribution >= 0.6 is 23.2 Å². The van der Waals surface area contributed by atoms with E-state index in [1.807, 2.05) is 18.2 Å². The number of carbonyl (C=O) groups is 2. The molecule has 4 aromatic rings. The zero-order valence-electron chi connectivity index (χ0n) is 23.9. The number of hydrogen-bond acceptors (Lipinski definition) is 4. The highest BCUT2D eigenvalue weighted by Crippen LogP contribution is 2.38. The first-order valence-corrected chi connectivity index (χ1v) is 14.8. The molecule has 42 heavy (non-hydrogen) atoms. The van der Waals surface area contributed by atoms with E-state index >= 15 is 0 Å². The molecule has 0 atom stereocenters. The van der Waals surface area contributed by atoms with Crippen molar-refractivity contribution in [1.82, 2.24) is 15.1 Å². The average molecular weight is 606 g/mol. The second-order valence-corrected chi connectivity index (χ2v) is 12.6. The van der Waals surface area contributed by atoms with Crippen LogP contribution in [-0.4, -0.2) is 26.8 Å². The first-order valence-electron chi connectivity index (χ1n) is 14.1. The summed E-state index contributed by atoms with van der Waals surface area (Å²) < 4.78 is 1.40. The SMILES string of the molecule is CC(C)(C)c1ccc(C(=O)Nc2ccc(-c3cc(C4CCCC4)n(C(=O)NCc4ccc(Cl)c(Cl)c4)n3)c(O)c2)cc1. The van der Waals surface area contributed by atoms with E-state index in [-0.39, 0.29) is 35.6 Å². The van der Waals surface area contributed by atoms with Gasteiger partial charge in [0.25, 0.3) is 5.91 Å². The number of carbonyl (C=O) groups excluding carboxylic acids is 2. The highest BCUT2D eigenvalue weighted by molar-refractivity contribution is 6.42. The normalized spacial score (nSPS) is 13.7. The van der Waals surface area contributed by atoms with Crippen molar-refractivity contribution in [1.29, 1.82) is 0 Å². The molecule has 218 valence electrons. The van der Waals surface area contributed by atoms with Gasteiger partial charge in [0.1, 0.15) is 5.75 Å². The lowest BCUT2D eigenvalue weighted by Crippen LogP contribution is -2.30. The Hall–Kier alpha value is -3.81. The van der Waals surface area contributed by atoms with Crippen molar-refractivity contribution in [2.75, 3.05) is 5.32 Å². The molecule has 0 unspecified atom stereocenters. The molecule has 2 amide bonds. The van der Waals surface area contributed by atoms with Gasteiger partial charge < -0.3 is 15.7 Å². The molecule has 0 spiro atoms. The van der Waals surface area contributed by atoms with E-state index in [1.54, 1.807) is 42.5 Å². The number of aromatic hydroxyl groups is 1. The number of phenolic OH excluding ortho intramolecular Hbond substituents is 1. The first-order chi connectivity index (χ1) is 20.0. The smallest absolute Gasteiger partial charge is 0.342 e. The Bertz CT molecular complexity index is 1620. The van der Waals surface area contributed by atoms with E-state index in [0.29, 0.717) is 32.6 Å². The van der Waals surface area contributed by atoms with Crippen LogP contribution < -0.4 is 10.6 Å². The van der Waals surface area contributed by atoms with Crippen molar-refractivity contribution in [3.63, 3.8) is 0 Å². The fraction of sp³-hybridized carbons (Fsp3) is 0.303. The van der Waals surface area contributed by atoms with Crippen molar-refractivity contribution in [3.8, 4) is 17.0 Å². The molecule has 1 saturated carbocycles. The Morgan fingerprint density at radius 3 is 2.31 bits per heavy atom. The second kappa shape index (κ2) is 12.2. The number of halogens is 2. The van der Waals surface area contributed by atoms with Crippen LogP contribution in [-0.2, 0) is 12.0 Å². The van der Waals surface area contributed by atoms with E-state index in [2.05, 4.69) is 36.5 Å². The highest BCUT2D eigenvalue weighted by Gasteiger charge is 2.26. The van der Waals surface area contributed by atoms with E-state index in [0.717, 1.165) is 42.5 Å². The lowest BCUT2D eigenvalue weighted by atomic mass is 9.87. The van der Waals surface area contributed by atoms with Gasteiger partial charge in [0, 0.05) is 35.3 Å². The predicted molar refractivity (Wildman–Crippen MR) is 168 cm³/mol. The van der Waals surface area contributed by atoms with Gasteiger partial charge in [-0.05, 0) is 71.8 Å². The third-order valence-electron chi connectivity index (χ3n) is 7.68. The quantitative estimate of drug-likeness (QED) is 0.205. The molecular weight excluding hydrogens is 571 g/mol. The first kappa shape index (κ1) is 29.7. The van der Waals surface area contributed by atoms with Gasteiger partial charge in [-0.1, -0.05) is 75.0 Å². The van der Waals surface area contributed by atoms with Gasteiger partial charge in [-0.2, -0.15) is 9.78 Å². The number of nitrogens with one attached hydrogen (secondary N) is 2. The van der Waals surface area contributed by atoms with E-state index < -0.39 is 0 Å². The number of benzene rings is 3. The number of aromatic nitrogens is 2. The summed E-state index contributed by atoms with van der Waals surface area (Å²) in [5.41, 5.74) is 4.69. The maximum absolute atomic E-state index is 13.3. The fourth-order valence-electron chi connectivity index (χ4n) is 5.26. The summed E-state index contributed by atoms with van der Waals surface area (Å²) in [6.07, 6.45) is 4.13. The summed E-state index contributed by atoms with van der Waals surface area (Å²) in [5.74, 6) is -0.115. The summed E-state index contributed by atoms with van der Waals surface area (Å²) in [6.45, 7) is 6.62. The molecule has 0 radical (unpaired) electrons. The minimum Gasteiger partial charge on any atom is -0.507 e. The van der Waals surface area contributed by atoms with Gasteiger partial charge >= 0.3 is 6.03 Å². The Balaban J connectivity index is 1.34. The van der Waals surface area contributed by atoms with Crippen LogP contribution in [0.4, 0.5) is 10.5 Å². The Morgan fingerprint density at radius 2 is 1.67 bits per heavy atom. The Morgan fingerprint density at radius 1 is 0.952 bits per heavy atom. The van der Waals surface area contributed by atoms with Gasteiger partial charge in [0.2, 0.25) is 0 Å². The van der Waals surface area contributed by atoms with E-state index in [9.17, 15) is 14.7 Å². The Kier molecular flexibility index (Phi) is 8.62. The number of hydrogen-bond donors (Lipinski definition) is 3. The summed E-state index contributed by atoms with van der Waals surface area (Å²) >= 11 is 12.1. The lowest BCUT2D eigenvalue weighted by molar-refractivity contribution is 0.102. The standard InChI is InChI=1S/C33H34Cl2N4O3/c1-33(2,3)23-11-9-22(10-12-23)31(41)37-24-13-14-25(30(40)17-24)28-18-29(21-6-4-5-7-21)39(38-28)32(42)36-19-20-8-15-26(34)27(35)16-20/h8-18,21,40H,4-7,19H2,1-3H3,(H,36,42)(H,37,41). The van der Waals surface area contributed by atoms with Crippen molar-refractivity contribution in [3.05, 3.63) is 99.2 Å². The van der Waals surface area contributed by atoms with Crippen LogP contribution in [0.25, 0.3) is 11.3 Å². The van der Waals surface area contributed by atoms with Gasteiger partial charge in [-0.15, -0.1) is 0 Å². The number of nitrogens with zero attached hydrogens (tertiary/aromatic N) is 2. The number of phenols is 1. The Labute approximate surface area is 255 Å². The molecule has 1 aromatic heterocycles. The topological polar surface area (TPSA) is 96.3 Å². The second-order valence-electron chi connectivity index (χ2n) is 11.8. The van der Waals surface area contributed by atoms with Gasteiger partial charge in [-0.25, -0.2) is 4.79 Å². The number of anilines is 1. The fourth-order valence-corrected chi connectivity index (χ4v) is 5.58. The number of rotatable bonds is 6. The van der Waals surface area contributed by atoms with Gasteiger partial charge in [0.05, 0.1) is 21.4 Å². The van der Waals surface area contributed by atoms with Gasteiger partial charge in [0.15, 0.2) is 0 Å². The minimum atomic E-state index is -0.366. The molecule has 0 aliphatic heterocycles. The molecule has 0 saturated heterocycles. The minimum absolute atomic E-state index is 0.00703. The molecule has 1 fully saturated rings. The molecular formula is C33H34Cl2N4O3. The third-order valence-corrected chi connectivity index (χ3v) is 8.41. The molecule has 1 aliphatic carbocycles. The molecule has 0 bridgehead atoms. The molecule has 1 aliphatic rings. The molecule has 3 aromatic carbocycles. The van der Waals surface area contributed by atoms with Crippen LogP contribution in [0.2, 0.25) is 10.0 Å². The third kappa shape index (κ3) is 6.63. The zero-order chi connectivity index (χ0) is 30.0. The summed E-state index contributed by atoms with van der Waals surface area (Å²) in [4.78, 5) is 26.1. The van der Waals surface area contributed by atoms with Crippen LogP contribution in [0.3, 0.4) is 0 Å². The zero-order valence-corrected chi connectivity index (χ0v) is 25.4. The molecule has 5 rings (SSSR count). The maximum atomic E-state index is 13.3. The largest absolute Gasteiger partial charge is 0.507 e. The van der Waals surface area contributed by atoms with Crippen LogP contribution in [0, 0.1) is 0 Å². The maximum Gasteiger partial charge on any atom is 0.342 e.